The average Bonchev–Trinajstić information content (AvgIpc) is 2.41. The van der Waals surface area contributed by atoms with E-state index in [1.54, 1.807) is 6.07 Å². The molecule has 112 valence electrons. The van der Waals surface area contributed by atoms with E-state index in [2.05, 4.69) is 13.8 Å². The maximum absolute atomic E-state index is 11.4. The molecule has 2 nitrogen and oxygen atoms in total. The van der Waals surface area contributed by atoms with E-state index in [0.717, 1.165) is 17.5 Å². The fourth-order valence-corrected chi connectivity index (χ4v) is 2.90. The van der Waals surface area contributed by atoms with Gasteiger partial charge in [-0.05, 0) is 36.5 Å². The number of carbonyl (C=O) groups is 1. The van der Waals surface area contributed by atoms with Gasteiger partial charge in [0.15, 0.2) is 0 Å². The summed E-state index contributed by atoms with van der Waals surface area (Å²) in [6.45, 7) is 6.46. The molecule has 0 saturated carbocycles. The highest BCUT2D eigenvalue weighted by molar-refractivity contribution is 5.89. The van der Waals surface area contributed by atoms with E-state index < -0.39 is 5.97 Å². The second kappa shape index (κ2) is 8.78. The highest BCUT2D eigenvalue weighted by Gasteiger charge is 2.16. The second-order valence-corrected chi connectivity index (χ2v) is 5.76. The number of carboxylic acid groups (broad SMARTS) is 1. The Labute approximate surface area is 123 Å². The van der Waals surface area contributed by atoms with Gasteiger partial charge in [-0.1, -0.05) is 64.5 Å². The highest BCUT2D eigenvalue weighted by Crippen LogP contribution is 2.25. The monoisotopic (exact) mass is 276 g/mol. The molecule has 1 atom stereocenters. The number of hydrogen-bond donors (Lipinski definition) is 1. The lowest BCUT2D eigenvalue weighted by atomic mass is 9.86. The Balaban J connectivity index is 2.84. The van der Waals surface area contributed by atoms with Crippen LogP contribution >= 0.6 is 0 Å². The van der Waals surface area contributed by atoms with Crippen LogP contribution in [0.5, 0.6) is 0 Å². The molecule has 0 bridgehead atoms. The summed E-state index contributed by atoms with van der Waals surface area (Å²) in [6.07, 6.45) is 8.27. The summed E-state index contributed by atoms with van der Waals surface area (Å²) >= 11 is 0. The number of carboxylic acids is 1. The van der Waals surface area contributed by atoms with Gasteiger partial charge in [-0.2, -0.15) is 0 Å². The molecule has 1 rings (SSSR count). The van der Waals surface area contributed by atoms with Gasteiger partial charge in [-0.15, -0.1) is 0 Å². The highest BCUT2D eigenvalue weighted by atomic mass is 16.4. The number of aryl methyl sites for hydroxylation is 1. The molecule has 0 radical (unpaired) electrons. The van der Waals surface area contributed by atoms with Crippen LogP contribution in [0.4, 0.5) is 0 Å². The lowest BCUT2D eigenvalue weighted by Crippen LogP contribution is -2.11. The molecule has 0 saturated heterocycles. The van der Waals surface area contributed by atoms with Crippen LogP contribution in [0.2, 0.25) is 0 Å². The summed E-state index contributed by atoms with van der Waals surface area (Å²) in [5.41, 5.74) is 2.64. The fraction of sp³-hybridized carbons (Fsp3) is 0.611. The molecular formula is C18H28O2. The first-order chi connectivity index (χ1) is 9.60. The Kier molecular flexibility index (Phi) is 7.35. The normalized spacial score (nSPS) is 12.3. The van der Waals surface area contributed by atoms with E-state index >= 15 is 0 Å². The van der Waals surface area contributed by atoms with Crippen LogP contribution in [-0.2, 0) is 6.42 Å². The third kappa shape index (κ3) is 4.99. The van der Waals surface area contributed by atoms with Gasteiger partial charge in [0.05, 0.1) is 5.56 Å². The first kappa shape index (κ1) is 16.7. The zero-order valence-electron chi connectivity index (χ0n) is 13.1. The average molecular weight is 276 g/mol. The maximum atomic E-state index is 11.4. The van der Waals surface area contributed by atoms with Gasteiger partial charge >= 0.3 is 5.97 Å². The Hall–Kier alpha value is -1.31. The first-order valence-electron chi connectivity index (χ1n) is 7.91. The summed E-state index contributed by atoms with van der Waals surface area (Å²) in [6, 6.07) is 5.60. The van der Waals surface area contributed by atoms with E-state index in [4.69, 9.17) is 0 Å². The van der Waals surface area contributed by atoms with Crippen molar-refractivity contribution in [3.05, 3.63) is 34.9 Å². The minimum absolute atomic E-state index is 0.488. The third-order valence-corrected chi connectivity index (χ3v) is 4.05. The zero-order chi connectivity index (χ0) is 15.0. The van der Waals surface area contributed by atoms with Gasteiger partial charge in [0.25, 0.3) is 0 Å². The fourth-order valence-electron chi connectivity index (χ4n) is 2.90. The number of hydrogen-bond acceptors (Lipinski definition) is 1. The van der Waals surface area contributed by atoms with Crippen LogP contribution in [0.3, 0.4) is 0 Å². The van der Waals surface area contributed by atoms with Crippen molar-refractivity contribution in [2.45, 2.75) is 65.7 Å². The topological polar surface area (TPSA) is 37.3 Å². The lowest BCUT2D eigenvalue weighted by molar-refractivity contribution is 0.0695. The molecule has 1 N–H and O–H groups in total. The van der Waals surface area contributed by atoms with Crippen LogP contribution < -0.4 is 0 Å². The smallest absolute Gasteiger partial charge is 0.335 e. The first-order valence-corrected chi connectivity index (χ1v) is 7.91. The van der Waals surface area contributed by atoms with Crippen LogP contribution in [0.1, 0.15) is 73.9 Å². The molecular weight excluding hydrogens is 248 g/mol. The van der Waals surface area contributed by atoms with Crippen molar-refractivity contribution < 1.29 is 9.90 Å². The van der Waals surface area contributed by atoms with Crippen molar-refractivity contribution in [2.75, 3.05) is 0 Å². The van der Waals surface area contributed by atoms with Crippen molar-refractivity contribution in [1.82, 2.24) is 0 Å². The Morgan fingerprint density at radius 3 is 2.50 bits per heavy atom. The van der Waals surface area contributed by atoms with Crippen molar-refractivity contribution in [2.24, 2.45) is 5.92 Å². The SMILES string of the molecule is CCCCCC(CCC)Cc1c(C)cccc1C(=O)O. The Morgan fingerprint density at radius 2 is 1.90 bits per heavy atom. The molecule has 0 spiro atoms. The van der Waals surface area contributed by atoms with E-state index in [9.17, 15) is 9.90 Å². The molecule has 1 unspecified atom stereocenters. The molecule has 1 aromatic carbocycles. The summed E-state index contributed by atoms with van der Waals surface area (Å²) in [7, 11) is 0. The Bertz CT molecular complexity index is 423. The largest absolute Gasteiger partial charge is 0.478 e. The molecule has 1 aromatic rings. The van der Waals surface area contributed by atoms with Crippen LogP contribution in [0.15, 0.2) is 18.2 Å². The van der Waals surface area contributed by atoms with Gasteiger partial charge in [0.1, 0.15) is 0 Å². The number of aromatic carboxylic acids is 1. The second-order valence-electron chi connectivity index (χ2n) is 5.76. The molecule has 0 fully saturated rings. The molecule has 2 heteroatoms. The summed E-state index contributed by atoms with van der Waals surface area (Å²) in [5, 5.41) is 9.35. The van der Waals surface area contributed by atoms with Crippen molar-refractivity contribution in [3.63, 3.8) is 0 Å². The predicted molar refractivity (Wildman–Crippen MR) is 84.4 cm³/mol. The number of rotatable bonds is 9. The van der Waals surface area contributed by atoms with Gasteiger partial charge in [0.2, 0.25) is 0 Å². The van der Waals surface area contributed by atoms with Crippen molar-refractivity contribution in [3.8, 4) is 0 Å². The van der Waals surface area contributed by atoms with Crippen LogP contribution in [0, 0.1) is 12.8 Å². The summed E-state index contributed by atoms with van der Waals surface area (Å²) in [5.74, 6) is -0.182. The van der Waals surface area contributed by atoms with Crippen molar-refractivity contribution >= 4 is 5.97 Å². The van der Waals surface area contributed by atoms with Gasteiger partial charge in [-0.3, -0.25) is 0 Å². The number of unbranched alkanes of at least 4 members (excludes halogenated alkanes) is 2. The predicted octanol–water partition coefficient (Wildman–Crippen LogP) is 5.23. The lowest BCUT2D eigenvalue weighted by Gasteiger charge is -2.19. The molecule has 0 aromatic heterocycles. The van der Waals surface area contributed by atoms with Gasteiger partial charge in [-0.25, -0.2) is 4.79 Å². The van der Waals surface area contributed by atoms with Crippen LogP contribution in [-0.4, -0.2) is 11.1 Å². The number of benzene rings is 1. The standard InChI is InChI=1S/C18H28O2/c1-4-6-7-11-15(9-5-2)13-17-14(3)10-8-12-16(17)18(19)20/h8,10,12,15H,4-7,9,11,13H2,1-3H3,(H,19,20). The molecule has 0 aliphatic carbocycles. The molecule has 20 heavy (non-hydrogen) atoms. The zero-order valence-corrected chi connectivity index (χ0v) is 13.1. The van der Waals surface area contributed by atoms with E-state index in [1.165, 1.54) is 38.5 Å². The van der Waals surface area contributed by atoms with E-state index in [-0.39, 0.29) is 0 Å². The molecule has 0 heterocycles. The minimum Gasteiger partial charge on any atom is -0.478 e. The summed E-state index contributed by atoms with van der Waals surface area (Å²) < 4.78 is 0. The molecule has 0 aliphatic heterocycles. The maximum Gasteiger partial charge on any atom is 0.335 e. The molecule has 0 aliphatic rings. The van der Waals surface area contributed by atoms with Crippen molar-refractivity contribution in [1.29, 1.82) is 0 Å². The third-order valence-electron chi connectivity index (χ3n) is 4.05. The van der Waals surface area contributed by atoms with E-state index in [1.807, 2.05) is 19.1 Å². The van der Waals surface area contributed by atoms with Gasteiger partial charge < -0.3 is 5.11 Å². The quantitative estimate of drug-likeness (QED) is 0.627. The molecule has 0 amide bonds. The van der Waals surface area contributed by atoms with Crippen LogP contribution in [0.25, 0.3) is 0 Å². The van der Waals surface area contributed by atoms with E-state index in [0.29, 0.717) is 11.5 Å². The van der Waals surface area contributed by atoms with Gasteiger partial charge in [0, 0.05) is 0 Å². The summed E-state index contributed by atoms with van der Waals surface area (Å²) in [4.78, 5) is 11.4. The minimum atomic E-state index is -0.799. The Morgan fingerprint density at radius 1 is 1.15 bits per heavy atom.